The normalized spacial score (nSPS) is 18.6. The molecule has 0 aliphatic heterocycles. The molecule has 0 unspecified atom stereocenters. The summed E-state index contributed by atoms with van der Waals surface area (Å²) in [5, 5.41) is 3.29. The predicted molar refractivity (Wildman–Crippen MR) is 64.5 cm³/mol. The van der Waals surface area contributed by atoms with Gasteiger partial charge in [0.2, 0.25) is 0 Å². The average molecular weight is 221 g/mol. The highest BCUT2D eigenvalue weighted by Crippen LogP contribution is 2.40. The number of nitrogens with zero attached hydrogens (tertiary/aromatic N) is 1. The van der Waals surface area contributed by atoms with Crippen LogP contribution >= 0.6 is 0 Å². The number of anilines is 1. The molecule has 0 bridgehead atoms. The van der Waals surface area contributed by atoms with Crippen molar-refractivity contribution in [1.82, 2.24) is 9.97 Å². The van der Waals surface area contributed by atoms with Crippen LogP contribution in [0.3, 0.4) is 0 Å². The van der Waals surface area contributed by atoms with Crippen molar-refractivity contribution < 1.29 is 0 Å². The Kier molecular flexibility index (Phi) is 3.27. The summed E-state index contributed by atoms with van der Waals surface area (Å²) in [4.78, 5) is 17.7. The summed E-state index contributed by atoms with van der Waals surface area (Å²) in [6.45, 7) is 3.18. The van der Waals surface area contributed by atoms with Crippen LogP contribution in [0.5, 0.6) is 0 Å². The standard InChI is InChI=1S/C12H19N3O/c1-2-12(5-3-4-6-12)8-13-10-7-11(16)15-9-14-10/h7,9H,2-6,8H2,1H3,(H2,13,14,15,16). The van der Waals surface area contributed by atoms with Gasteiger partial charge in [-0.25, -0.2) is 4.98 Å². The molecule has 0 amide bonds. The fraction of sp³-hybridized carbons (Fsp3) is 0.667. The Balaban J connectivity index is 1.98. The van der Waals surface area contributed by atoms with Gasteiger partial charge in [-0.2, -0.15) is 0 Å². The molecule has 0 spiro atoms. The van der Waals surface area contributed by atoms with Crippen molar-refractivity contribution in [3.63, 3.8) is 0 Å². The van der Waals surface area contributed by atoms with Gasteiger partial charge in [-0.05, 0) is 24.7 Å². The third-order valence-corrected chi connectivity index (χ3v) is 3.74. The second-order valence-corrected chi connectivity index (χ2v) is 4.71. The first-order valence-corrected chi connectivity index (χ1v) is 6.03. The summed E-state index contributed by atoms with van der Waals surface area (Å²) in [7, 11) is 0. The number of hydrogen-bond donors (Lipinski definition) is 2. The van der Waals surface area contributed by atoms with Gasteiger partial charge in [0.25, 0.3) is 5.56 Å². The van der Waals surface area contributed by atoms with Gasteiger partial charge < -0.3 is 10.3 Å². The van der Waals surface area contributed by atoms with Gasteiger partial charge in [-0.3, -0.25) is 4.79 Å². The zero-order valence-electron chi connectivity index (χ0n) is 9.75. The van der Waals surface area contributed by atoms with E-state index in [0.717, 1.165) is 6.54 Å². The summed E-state index contributed by atoms with van der Waals surface area (Å²) < 4.78 is 0. The largest absolute Gasteiger partial charge is 0.369 e. The Morgan fingerprint density at radius 2 is 2.25 bits per heavy atom. The predicted octanol–water partition coefficient (Wildman–Crippen LogP) is 2.15. The lowest BCUT2D eigenvalue weighted by molar-refractivity contribution is 0.306. The molecule has 2 rings (SSSR count). The summed E-state index contributed by atoms with van der Waals surface area (Å²) in [5.74, 6) is 0.684. The highest BCUT2D eigenvalue weighted by Gasteiger charge is 2.31. The van der Waals surface area contributed by atoms with Crippen LogP contribution in [0.2, 0.25) is 0 Å². The van der Waals surface area contributed by atoms with Crippen LogP contribution in [0, 0.1) is 5.41 Å². The van der Waals surface area contributed by atoms with Crippen LogP contribution in [0.25, 0.3) is 0 Å². The quantitative estimate of drug-likeness (QED) is 0.819. The molecule has 4 nitrogen and oxygen atoms in total. The van der Waals surface area contributed by atoms with Gasteiger partial charge in [0.15, 0.2) is 0 Å². The van der Waals surface area contributed by atoms with Crippen molar-refractivity contribution in [3.05, 3.63) is 22.7 Å². The molecule has 0 radical (unpaired) electrons. The minimum Gasteiger partial charge on any atom is -0.369 e. The third-order valence-electron chi connectivity index (χ3n) is 3.74. The lowest BCUT2D eigenvalue weighted by atomic mass is 9.83. The zero-order valence-corrected chi connectivity index (χ0v) is 9.75. The maximum atomic E-state index is 11.1. The molecule has 1 fully saturated rings. The van der Waals surface area contributed by atoms with E-state index in [1.165, 1.54) is 44.5 Å². The first kappa shape index (κ1) is 11.2. The number of aromatic nitrogens is 2. The van der Waals surface area contributed by atoms with Gasteiger partial charge in [-0.1, -0.05) is 19.8 Å². The number of H-pyrrole nitrogens is 1. The number of nitrogens with one attached hydrogen (secondary N) is 2. The van der Waals surface area contributed by atoms with Crippen molar-refractivity contribution in [2.45, 2.75) is 39.0 Å². The molecule has 1 aromatic heterocycles. The fourth-order valence-electron chi connectivity index (χ4n) is 2.52. The van der Waals surface area contributed by atoms with Crippen LogP contribution in [-0.2, 0) is 0 Å². The van der Waals surface area contributed by atoms with E-state index in [9.17, 15) is 4.79 Å². The Hall–Kier alpha value is -1.32. The molecule has 0 atom stereocenters. The molecule has 1 aromatic rings. The Labute approximate surface area is 95.5 Å². The molecule has 1 saturated carbocycles. The molecule has 2 N–H and O–H groups in total. The van der Waals surface area contributed by atoms with Crippen LogP contribution in [0.4, 0.5) is 5.82 Å². The van der Waals surface area contributed by atoms with E-state index in [2.05, 4.69) is 22.2 Å². The molecule has 16 heavy (non-hydrogen) atoms. The lowest BCUT2D eigenvalue weighted by Crippen LogP contribution is -2.26. The molecule has 1 aliphatic carbocycles. The summed E-state index contributed by atoms with van der Waals surface area (Å²) in [6.07, 6.45) is 7.89. The zero-order chi connectivity index (χ0) is 11.4. The van der Waals surface area contributed by atoms with Crippen molar-refractivity contribution in [1.29, 1.82) is 0 Å². The van der Waals surface area contributed by atoms with E-state index in [4.69, 9.17) is 0 Å². The van der Waals surface area contributed by atoms with Crippen LogP contribution in [-0.4, -0.2) is 16.5 Å². The molecular weight excluding hydrogens is 202 g/mol. The maximum Gasteiger partial charge on any atom is 0.252 e. The summed E-state index contributed by atoms with van der Waals surface area (Å²) in [5.41, 5.74) is 0.319. The first-order chi connectivity index (χ1) is 7.74. The number of hydrogen-bond acceptors (Lipinski definition) is 3. The van der Waals surface area contributed by atoms with Crippen molar-refractivity contribution in [2.24, 2.45) is 5.41 Å². The molecule has 0 aromatic carbocycles. The number of rotatable bonds is 4. The molecule has 88 valence electrons. The van der Waals surface area contributed by atoms with Crippen LogP contribution in [0.1, 0.15) is 39.0 Å². The highest BCUT2D eigenvalue weighted by molar-refractivity contribution is 5.32. The SMILES string of the molecule is CCC1(CNc2cc(=O)[nH]cn2)CCCC1. The van der Waals surface area contributed by atoms with E-state index in [0.29, 0.717) is 11.2 Å². The third kappa shape index (κ3) is 2.43. The van der Waals surface area contributed by atoms with Crippen molar-refractivity contribution >= 4 is 5.82 Å². The second-order valence-electron chi connectivity index (χ2n) is 4.71. The molecule has 1 aliphatic rings. The van der Waals surface area contributed by atoms with Gasteiger partial charge in [0.1, 0.15) is 5.82 Å². The Bertz CT molecular complexity index is 393. The number of aromatic amines is 1. The maximum absolute atomic E-state index is 11.1. The van der Waals surface area contributed by atoms with Gasteiger partial charge >= 0.3 is 0 Å². The van der Waals surface area contributed by atoms with Gasteiger partial charge in [0, 0.05) is 12.6 Å². The topological polar surface area (TPSA) is 57.8 Å². The summed E-state index contributed by atoms with van der Waals surface area (Å²) >= 11 is 0. The summed E-state index contributed by atoms with van der Waals surface area (Å²) in [6, 6.07) is 1.51. The lowest BCUT2D eigenvalue weighted by Gasteiger charge is -2.27. The molecule has 1 heterocycles. The molecule has 0 saturated heterocycles. The van der Waals surface area contributed by atoms with Crippen LogP contribution < -0.4 is 10.9 Å². The van der Waals surface area contributed by atoms with E-state index in [1.807, 2.05) is 0 Å². The monoisotopic (exact) mass is 221 g/mol. The minimum absolute atomic E-state index is 0.102. The first-order valence-electron chi connectivity index (χ1n) is 6.03. The Morgan fingerprint density at radius 3 is 2.88 bits per heavy atom. The van der Waals surface area contributed by atoms with Crippen molar-refractivity contribution in [2.75, 3.05) is 11.9 Å². The van der Waals surface area contributed by atoms with Crippen LogP contribution in [0.15, 0.2) is 17.2 Å². The van der Waals surface area contributed by atoms with E-state index in [-0.39, 0.29) is 5.56 Å². The van der Waals surface area contributed by atoms with Gasteiger partial charge in [-0.15, -0.1) is 0 Å². The average Bonchev–Trinajstić information content (AvgIpc) is 2.76. The minimum atomic E-state index is -0.102. The highest BCUT2D eigenvalue weighted by atomic mass is 16.1. The van der Waals surface area contributed by atoms with Crippen molar-refractivity contribution in [3.8, 4) is 0 Å². The molecule has 4 heteroatoms. The van der Waals surface area contributed by atoms with E-state index >= 15 is 0 Å². The van der Waals surface area contributed by atoms with E-state index in [1.54, 1.807) is 0 Å². The van der Waals surface area contributed by atoms with Gasteiger partial charge in [0.05, 0.1) is 6.33 Å². The fourth-order valence-corrected chi connectivity index (χ4v) is 2.52. The second kappa shape index (κ2) is 4.68. The van der Waals surface area contributed by atoms with E-state index < -0.39 is 0 Å². The smallest absolute Gasteiger partial charge is 0.252 e. The molecular formula is C12H19N3O. The Morgan fingerprint density at radius 1 is 1.50 bits per heavy atom.